The van der Waals surface area contributed by atoms with E-state index in [1.165, 1.54) is 35.2 Å². The van der Waals surface area contributed by atoms with E-state index >= 15 is 0 Å². The Balaban J connectivity index is 1.56. The van der Waals surface area contributed by atoms with Crippen LogP contribution in [0, 0.1) is 19.7 Å². The number of benzene rings is 2. The van der Waals surface area contributed by atoms with E-state index in [0.29, 0.717) is 15.6 Å². The second kappa shape index (κ2) is 9.60. The maximum atomic E-state index is 13.3. The lowest BCUT2D eigenvalue weighted by molar-refractivity contribution is -0.115. The number of hydrogen-bond donors (Lipinski definition) is 2. The smallest absolute Gasteiger partial charge is 0.258 e. The Bertz CT molecular complexity index is 1330. The lowest BCUT2D eigenvalue weighted by Crippen LogP contribution is -2.15. The van der Waals surface area contributed by atoms with E-state index in [0.717, 1.165) is 28.3 Å². The van der Waals surface area contributed by atoms with Crippen molar-refractivity contribution in [1.82, 2.24) is 9.55 Å². The highest BCUT2D eigenvalue weighted by molar-refractivity contribution is 8.00. The molecule has 2 aromatic carbocycles. The normalized spacial score (nSPS) is 10.9. The Morgan fingerprint density at radius 1 is 1.15 bits per heavy atom. The molecule has 0 atom stereocenters. The van der Waals surface area contributed by atoms with Crippen LogP contribution in [0.2, 0.25) is 0 Å². The first-order valence-corrected chi connectivity index (χ1v) is 11.9. The summed E-state index contributed by atoms with van der Waals surface area (Å²) >= 11 is 2.55. The number of carbonyl (C=O) groups excluding carboxylic acids is 2. The predicted molar refractivity (Wildman–Crippen MR) is 131 cm³/mol. The number of aryl methyl sites for hydroxylation is 1. The van der Waals surface area contributed by atoms with Crippen molar-refractivity contribution in [2.24, 2.45) is 5.73 Å². The van der Waals surface area contributed by atoms with Crippen molar-refractivity contribution in [3.8, 4) is 16.9 Å². The molecule has 2 heterocycles. The van der Waals surface area contributed by atoms with Crippen molar-refractivity contribution in [3.05, 3.63) is 82.7 Å². The van der Waals surface area contributed by atoms with E-state index < -0.39 is 5.91 Å². The maximum Gasteiger partial charge on any atom is 0.258 e. The largest absolute Gasteiger partial charge is 0.369 e. The first-order chi connectivity index (χ1) is 15.8. The number of primary amides is 1. The molecule has 0 unspecified atom stereocenters. The Hall–Kier alpha value is -3.43. The minimum Gasteiger partial charge on any atom is -0.369 e. The van der Waals surface area contributed by atoms with Gasteiger partial charge in [-0.05, 0) is 56.3 Å². The zero-order valence-electron chi connectivity index (χ0n) is 18.0. The molecule has 6 nitrogen and oxygen atoms in total. The highest BCUT2D eigenvalue weighted by atomic mass is 32.2. The number of carbonyl (C=O) groups is 2. The average Bonchev–Trinajstić information content (AvgIpc) is 3.36. The number of amides is 2. The Morgan fingerprint density at radius 2 is 1.88 bits per heavy atom. The van der Waals surface area contributed by atoms with Crippen LogP contribution in [0.1, 0.15) is 21.7 Å². The summed E-state index contributed by atoms with van der Waals surface area (Å²) < 4.78 is 15.4. The fraction of sp³-hybridized carbons (Fsp3) is 0.125. The molecule has 0 saturated carbocycles. The van der Waals surface area contributed by atoms with Crippen LogP contribution in [0.5, 0.6) is 0 Å². The van der Waals surface area contributed by atoms with E-state index in [1.807, 2.05) is 29.9 Å². The van der Waals surface area contributed by atoms with Gasteiger partial charge in [0, 0.05) is 32.9 Å². The van der Waals surface area contributed by atoms with Gasteiger partial charge >= 0.3 is 0 Å². The lowest BCUT2D eigenvalue weighted by Gasteiger charge is -2.09. The summed E-state index contributed by atoms with van der Waals surface area (Å²) in [6, 6.07) is 15.4. The van der Waals surface area contributed by atoms with E-state index in [1.54, 1.807) is 36.4 Å². The molecule has 0 aliphatic rings. The van der Waals surface area contributed by atoms with Crippen LogP contribution in [0.3, 0.4) is 0 Å². The molecule has 2 aromatic heterocycles. The van der Waals surface area contributed by atoms with Gasteiger partial charge in [0.25, 0.3) is 5.91 Å². The van der Waals surface area contributed by atoms with E-state index in [9.17, 15) is 14.0 Å². The molecule has 0 bridgehead atoms. The number of thiazole rings is 1. The van der Waals surface area contributed by atoms with Crippen LogP contribution in [0.4, 0.5) is 9.52 Å². The highest BCUT2D eigenvalue weighted by Gasteiger charge is 2.17. The molecule has 168 valence electrons. The van der Waals surface area contributed by atoms with Gasteiger partial charge in [0.05, 0.1) is 17.0 Å². The van der Waals surface area contributed by atoms with Crippen molar-refractivity contribution in [2.45, 2.75) is 18.7 Å². The van der Waals surface area contributed by atoms with Crippen molar-refractivity contribution < 1.29 is 14.0 Å². The number of rotatable bonds is 7. The minimum atomic E-state index is -0.446. The number of nitrogens with one attached hydrogen (secondary N) is 1. The van der Waals surface area contributed by atoms with Crippen LogP contribution in [-0.4, -0.2) is 27.1 Å². The summed E-state index contributed by atoms with van der Waals surface area (Å²) in [5.74, 6) is -0.941. The third-order valence-electron chi connectivity index (χ3n) is 5.02. The highest BCUT2D eigenvalue weighted by Crippen LogP contribution is 2.32. The Morgan fingerprint density at radius 3 is 2.61 bits per heavy atom. The third kappa shape index (κ3) is 4.99. The van der Waals surface area contributed by atoms with Gasteiger partial charge in [-0.15, -0.1) is 23.1 Å². The summed E-state index contributed by atoms with van der Waals surface area (Å²) in [5.41, 5.74) is 10.2. The second-order valence-corrected chi connectivity index (χ2v) is 9.22. The minimum absolute atomic E-state index is 0.0926. The monoisotopic (exact) mass is 480 g/mol. The summed E-state index contributed by atoms with van der Waals surface area (Å²) in [5, 5.41) is 5.20. The first kappa shape index (κ1) is 22.8. The molecule has 0 aliphatic carbocycles. The molecule has 2 amide bonds. The average molecular weight is 481 g/mol. The van der Waals surface area contributed by atoms with E-state index in [2.05, 4.69) is 10.3 Å². The number of anilines is 1. The fourth-order valence-corrected chi connectivity index (χ4v) is 5.05. The van der Waals surface area contributed by atoms with Gasteiger partial charge in [0.15, 0.2) is 5.13 Å². The SMILES string of the molecule is Cc1cc(-c2csc(NC(=O)c3ccccc3SCC(N)=O)n2)c(C)n1-c1ccc(F)cc1. The lowest BCUT2D eigenvalue weighted by atomic mass is 10.2. The molecular weight excluding hydrogens is 459 g/mol. The first-order valence-electron chi connectivity index (χ1n) is 10.1. The van der Waals surface area contributed by atoms with Gasteiger partial charge in [0.1, 0.15) is 5.82 Å². The molecular formula is C24H21FN4O2S2. The molecule has 0 fully saturated rings. The number of nitrogens with two attached hydrogens (primary N) is 1. The molecule has 0 saturated heterocycles. The quantitative estimate of drug-likeness (QED) is 0.356. The zero-order chi connectivity index (χ0) is 23.5. The number of halogens is 1. The van der Waals surface area contributed by atoms with Crippen molar-refractivity contribution in [3.63, 3.8) is 0 Å². The van der Waals surface area contributed by atoms with Crippen LogP contribution in [0.25, 0.3) is 16.9 Å². The molecule has 4 rings (SSSR count). The second-order valence-electron chi connectivity index (χ2n) is 7.34. The van der Waals surface area contributed by atoms with Crippen molar-refractivity contribution in [1.29, 1.82) is 0 Å². The summed E-state index contributed by atoms with van der Waals surface area (Å²) in [4.78, 5) is 29.2. The van der Waals surface area contributed by atoms with E-state index in [4.69, 9.17) is 5.73 Å². The van der Waals surface area contributed by atoms with Gasteiger partial charge in [0.2, 0.25) is 5.91 Å². The van der Waals surface area contributed by atoms with Crippen LogP contribution in [-0.2, 0) is 4.79 Å². The summed E-state index contributed by atoms with van der Waals surface area (Å²) in [6.45, 7) is 3.96. The van der Waals surface area contributed by atoms with Crippen molar-refractivity contribution >= 4 is 40.0 Å². The molecule has 9 heteroatoms. The predicted octanol–water partition coefficient (Wildman–Crippen LogP) is 5.19. The number of thioether (sulfide) groups is 1. The van der Waals surface area contributed by atoms with Crippen LogP contribution >= 0.6 is 23.1 Å². The number of aromatic nitrogens is 2. The Kier molecular flexibility index (Phi) is 6.62. The number of nitrogens with zero attached hydrogens (tertiary/aromatic N) is 2. The Labute approximate surface area is 198 Å². The molecule has 0 aliphatic heterocycles. The number of hydrogen-bond acceptors (Lipinski definition) is 5. The summed E-state index contributed by atoms with van der Waals surface area (Å²) in [6.07, 6.45) is 0. The zero-order valence-corrected chi connectivity index (χ0v) is 19.6. The van der Waals surface area contributed by atoms with Gasteiger partial charge < -0.3 is 10.3 Å². The van der Waals surface area contributed by atoms with Crippen molar-refractivity contribution in [2.75, 3.05) is 11.1 Å². The molecule has 0 spiro atoms. The van der Waals surface area contributed by atoms with Gasteiger partial charge in [-0.2, -0.15) is 0 Å². The molecule has 4 aromatic rings. The van der Waals surface area contributed by atoms with Gasteiger partial charge in [-0.25, -0.2) is 9.37 Å². The fourth-order valence-electron chi connectivity index (χ4n) is 3.56. The van der Waals surface area contributed by atoms with Gasteiger partial charge in [-0.3, -0.25) is 14.9 Å². The van der Waals surface area contributed by atoms with Gasteiger partial charge in [-0.1, -0.05) is 12.1 Å². The topological polar surface area (TPSA) is 90.0 Å². The van der Waals surface area contributed by atoms with E-state index in [-0.39, 0.29) is 17.5 Å². The van der Waals surface area contributed by atoms with Crippen LogP contribution in [0.15, 0.2) is 64.9 Å². The summed E-state index contributed by atoms with van der Waals surface area (Å²) in [7, 11) is 0. The maximum absolute atomic E-state index is 13.3. The standard InChI is InChI=1S/C24H21FN4O2S2/c1-14-11-19(15(2)29(14)17-9-7-16(25)8-10-17)20-12-33-24(27-20)28-23(31)18-5-3-4-6-21(18)32-13-22(26)30/h3-12H,13H2,1-2H3,(H2,26,30)(H,27,28,31). The molecule has 0 radical (unpaired) electrons. The molecule has 33 heavy (non-hydrogen) atoms. The van der Waals surface area contributed by atoms with Crippen LogP contribution < -0.4 is 11.1 Å². The third-order valence-corrected chi connectivity index (χ3v) is 6.87. The molecule has 3 N–H and O–H groups in total.